The van der Waals surface area contributed by atoms with E-state index >= 15 is 0 Å². The summed E-state index contributed by atoms with van der Waals surface area (Å²) >= 11 is 0. The maximum Gasteiger partial charge on any atom is 0.309 e. The summed E-state index contributed by atoms with van der Waals surface area (Å²) in [4.78, 5) is 21.0. The highest BCUT2D eigenvalue weighted by molar-refractivity contribution is 5.74. The number of ether oxygens (including phenoxy) is 1. The van der Waals surface area contributed by atoms with Crippen LogP contribution in [0.1, 0.15) is 20.3 Å². The summed E-state index contributed by atoms with van der Waals surface area (Å²) in [5.74, 6) is -0.450. The normalized spacial score (nSPS) is 9.83. The third kappa shape index (κ3) is 6.80. The van der Waals surface area contributed by atoms with Gasteiger partial charge in [-0.3, -0.25) is 9.59 Å². The summed E-state index contributed by atoms with van der Waals surface area (Å²) in [6.45, 7) is 3.52. The van der Waals surface area contributed by atoms with Crippen molar-refractivity contribution < 1.29 is 14.3 Å². The first kappa shape index (κ1) is 10.7. The van der Waals surface area contributed by atoms with Crippen molar-refractivity contribution in [3.63, 3.8) is 0 Å². The van der Waals surface area contributed by atoms with Crippen LogP contribution in [0.25, 0.3) is 0 Å². The van der Waals surface area contributed by atoms with Gasteiger partial charge in [0.1, 0.15) is 0 Å². The van der Waals surface area contributed by atoms with Gasteiger partial charge in [0.25, 0.3) is 0 Å². The van der Waals surface area contributed by atoms with Crippen LogP contribution in [0.4, 0.5) is 0 Å². The second-order valence-electron chi connectivity index (χ2n) is 2.11. The van der Waals surface area contributed by atoms with Crippen molar-refractivity contribution in [3.8, 4) is 0 Å². The van der Waals surface area contributed by atoms with Crippen molar-refractivity contribution in [1.82, 2.24) is 5.32 Å². The fourth-order valence-electron chi connectivity index (χ4n) is 0.551. The minimum Gasteiger partial charge on any atom is -0.466 e. The zero-order valence-electron chi connectivity index (χ0n) is 7.29. The molecule has 0 saturated carbocycles. The molecule has 0 aliphatic carbocycles. The quantitative estimate of drug-likeness (QED) is 0.630. The van der Waals surface area contributed by atoms with Gasteiger partial charge in [-0.05, 0) is 6.92 Å². The number of nitrogens with one attached hydrogen (secondary N) is 1. The van der Waals surface area contributed by atoms with Crippen LogP contribution in [0.3, 0.4) is 0 Å². The van der Waals surface area contributed by atoms with Gasteiger partial charge in [-0.25, -0.2) is 0 Å². The summed E-state index contributed by atoms with van der Waals surface area (Å²) in [7, 11) is 0. The standard InChI is InChI=1S/C8H13NO3/c1-3-12-8(11)5-4-6-9-7(2)10/h4,6H,3,5H2,1-2H3,(H,9,10). The first-order valence-electron chi connectivity index (χ1n) is 3.74. The lowest BCUT2D eigenvalue weighted by Gasteiger charge is -1.96. The highest BCUT2D eigenvalue weighted by Gasteiger charge is 1.95. The third-order valence-electron chi connectivity index (χ3n) is 0.994. The molecule has 68 valence electrons. The predicted molar refractivity (Wildman–Crippen MR) is 44.2 cm³/mol. The molecule has 12 heavy (non-hydrogen) atoms. The Bertz CT molecular complexity index is 187. The second kappa shape index (κ2) is 6.39. The highest BCUT2D eigenvalue weighted by atomic mass is 16.5. The summed E-state index contributed by atoms with van der Waals surface area (Å²) < 4.78 is 4.65. The summed E-state index contributed by atoms with van der Waals surface area (Å²) in [6.07, 6.45) is 3.16. The topological polar surface area (TPSA) is 55.4 Å². The van der Waals surface area contributed by atoms with Gasteiger partial charge >= 0.3 is 5.97 Å². The van der Waals surface area contributed by atoms with Crippen molar-refractivity contribution in [2.24, 2.45) is 0 Å². The number of rotatable bonds is 4. The zero-order chi connectivity index (χ0) is 9.40. The van der Waals surface area contributed by atoms with Gasteiger partial charge in [0.2, 0.25) is 5.91 Å². The lowest BCUT2D eigenvalue weighted by Crippen LogP contribution is -2.11. The molecule has 0 aliphatic heterocycles. The Kier molecular flexibility index (Phi) is 5.69. The van der Waals surface area contributed by atoms with Gasteiger partial charge in [-0.15, -0.1) is 0 Å². The van der Waals surface area contributed by atoms with Gasteiger partial charge in [0.05, 0.1) is 13.0 Å². The molecule has 0 aromatic heterocycles. The summed E-state index contributed by atoms with van der Waals surface area (Å²) in [5, 5.41) is 2.42. The molecule has 0 fully saturated rings. The lowest BCUT2D eigenvalue weighted by atomic mass is 10.4. The minimum atomic E-state index is -0.292. The van der Waals surface area contributed by atoms with Crippen LogP contribution in [0.5, 0.6) is 0 Å². The molecule has 1 N–H and O–H groups in total. The van der Waals surface area contributed by atoms with Crippen LogP contribution in [0.2, 0.25) is 0 Å². The van der Waals surface area contributed by atoms with E-state index in [0.717, 1.165) is 0 Å². The van der Waals surface area contributed by atoms with Crippen molar-refractivity contribution >= 4 is 11.9 Å². The second-order valence-corrected chi connectivity index (χ2v) is 2.11. The summed E-state index contributed by atoms with van der Waals surface area (Å²) in [6, 6.07) is 0. The van der Waals surface area contributed by atoms with E-state index in [1.807, 2.05) is 0 Å². The van der Waals surface area contributed by atoms with Gasteiger partial charge in [0, 0.05) is 13.1 Å². The number of hydrogen-bond acceptors (Lipinski definition) is 3. The average molecular weight is 171 g/mol. The maximum absolute atomic E-state index is 10.7. The van der Waals surface area contributed by atoms with Crippen LogP contribution in [-0.4, -0.2) is 18.5 Å². The molecule has 0 rings (SSSR count). The molecule has 0 radical (unpaired) electrons. The van der Waals surface area contributed by atoms with E-state index in [9.17, 15) is 9.59 Å². The van der Waals surface area contributed by atoms with Crippen molar-refractivity contribution in [2.45, 2.75) is 20.3 Å². The Labute approximate surface area is 71.6 Å². The van der Waals surface area contributed by atoms with Crippen LogP contribution < -0.4 is 5.32 Å². The SMILES string of the molecule is CCOC(=O)CC=CNC(C)=O. The first-order valence-corrected chi connectivity index (χ1v) is 3.74. The molecular weight excluding hydrogens is 158 g/mol. The smallest absolute Gasteiger partial charge is 0.309 e. The number of carbonyl (C=O) groups excluding carboxylic acids is 2. The van der Waals surface area contributed by atoms with E-state index in [2.05, 4.69) is 10.1 Å². The number of amides is 1. The molecule has 4 nitrogen and oxygen atoms in total. The van der Waals surface area contributed by atoms with E-state index in [4.69, 9.17) is 0 Å². The van der Waals surface area contributed by atoms with Gasteiger partial charge < -0.3 is 10.1 Å². The number of carbonyl (C=O) groups is 2. The molecule has 0 saturated heterocycles. The zero-order valence-corrected chi connectivity index (χ0v) is 7.29. The maximum atomic E-state index is 10.7. The largest absolute Gasteiger partial charge is 0.466 e. The van der Waals surface area contributed by atoms with Crippen LogP contribution in [0, 0.1) is 0 Å². The van der Waals surface area contributed by atoms with E-state index < -0.39 is 0 Å². The van der Waals surface area contributed by atoms with E-state index in [-0.39, 0.29) is 18.3 Å². The molecule has 0 unspecified atom stereocenters. The molecule has 4 heteroatoms. The number of esters is 1. The molecule has 0 aliphatic rings. The van der Waals surface area contributed by atoms with Crippen LogP contribution in [0.15, 0.2) is 12.3 Å². The third-order valence-corrected chi connectivity index (χ3v) is 0.994. The van der Waals surface area contributed by atoms with Gasteiger partial charge in [0.15, 0.2) is 0 Å². The highest BCUT2D eigenvalue weighted by Crippen LogP contribution is 1.86. The van der Waals surface area contributed by atoms with E-state index in [1.54, 1.807) is 13.0 Å². The molecule has 0 bridgehead atoms. The molecule has 0 heterocycles. The minimum absolute atomic E-state index is 0.157. The van der Waals surface area contributed by atoms with Gasteiger partial charge in [-0.1, -0.05) is 6.08 Å². The number of hydrogen-bond donors (Lipinski definition) is 1. The molecular formula is C8H13NO3. The Balaban J connectivity index is 3.46. The predicted octanol–water partition coefficient (Wildman–Crippen LogP) is 0.589. The average Bonchev–Trinajstić information content (AvgIpc) is 1.98. The monoisotopic (exact) mass is 171 g/mol. The van der Waals surface area contributed by atoms with Crippen molar-refractivity contribution in [3.05, 3.63) is 12.3 Å². The fraction of sp³-hybridized carbons (Fsp3) is 0.500. The van der Waals surface area contributed by atoms with Gasteiger partial charge in [-0.2, -0.15) is 0 Å². The molecule has 0 aromatic carbocycles. The lowest BCUT2D eigenvalue weighted by molar-refractivity contribution is -0.142. The molecule has 1 amide bonds. The van der Waals surface area contributed by atoms with Crippen molar-refractivity contribution in [1.29, 1.82) is 0 Å². The molecule has 0 aromatic rings. The van der Waals surface area contributed by atoms with E-state index in [1.165, 1.54) is 13.1 Å². The Morgan fingerprint density at radius 1 is 1.50 bits per heavy atom. The van der Waals surface area contributed by atoms with Crippen LogP contribution in [-0.2, 0) is 14.3 Å². The molecule has 0 atom stereocenters. The van der Waals surface area contributed by atoms with E-state index in [0.29, 0.717) is 6.61 Å². The van der Waals surface area contributed by atoms with Crippen molar-refractivity contribution in [2.75, 3.05) is 6.61 Å². The molecule has 0 spiro atoms. The first-order chi connectivity index (χ1) is 5.66. The van der Waals surface area contributed by atoms with Crippen LogP contribution >= 0.6 is 0 Å². The fourth-order valence-corrected chi connectivity index (χ4v) is 0.551. The Morgan fingerprint density at radius 3 is 2.67 bits per heavy atom. The summed E-state index contributed by atoms with van der Waals surface area (Å²) in [5.41, 5.74) is 0. The Hall–Kier alpha value is -1.32. The Morgan fingerprint density at radius 2 is 2.17 bits per heavy atom.